The van der Waals surface area contributed by atoms with E-state index in [2.05, 4.69) is 4.90 Å². The van der Waals surface area contributed by atoms with Gasteiger partial charge >= 0.3 is 0 Å². The Bertz CT molecular complexity index is 954. The summed E-state index contributed by atoms with van der Waals surface area (Å²) in [5.74, 6) is -0.171. The third kappa shape index (κ3) is 3.93. The largest absolute Gasteiger partial charge is 0.358 e. The molecule has 3 heterocycles. The average Bonchev–Trinajstić information content (AvgIpc) is 3.32. The molecule has 0 radical (unpaired) electrons. The van der Waals surface area contributed by atoms with E-state index in [1.165, 1.54) is 9.21 Å². The molecule has 170 valence electrons. The molecule has 2 fully saturated rings. The highest BCUT2D eigenvalue weighted by atomic mass is 32.2. The number of sulfonamides is 1. The van der Waals surface area contributed by atoms with Gasteiger partial charge in [-0.05, 0) is 50.3 Å². The monoisotopic (exact) mass is 448 g/mol. The molecular weight excluding hydrogens is 416 g/mol. The van der Waals surface area contributed by atoms with Crippen LogP contribution in [0.4, 0.5) is 11.4 Å². The van der Waals surface area contributed by atoms with Crippen LogP contribution in [-0.2, 0) is 19.6 Å². The van der Waals surface area contributed by atoms with Crippen LogP contribution < -0.4 is 9.80 Å². The van der Waals surface area contributed by atoms with Crippen LogP contribution in [0, 0.1) is 0 Å². The highest BCUT2D eigenvalue weighted by Crippen LogP contribution is 2.41. The molecule has 3 aliphatic rings. The molecule has 4 rings (SSSR count). The molecule has 0 aromatic heterocycles. The summed E-state index contributed by atoms with van der Waals surface area (Å²) in [6, 6.07) is 4.75. The third-order valence-electron chi connectivity index (χ3n) is 6.70. The van der Waals surface area contributed by atoms with Crippen molar-refractivity contribution in [2.45, 2.75) is 56.9 Å². The highest BCUT2D eigenvalue weighted by molar-refractivity contribution is 7.89. The molecule has 1 aromatic rings. The third-order valence-corrected chi connectivity index (χ3v) is 8.74. The van der Waals surface area contributed by atoms with Gasteiger partial charge in [0.2, 0.25) is 21.8 Å². The number of anilines is 2. The minimum absolute atomic E-state index is 0.0368. The quantitative estimate of drug-likeness (QED) is 0.665. The molecule has 1 atom stereocenters. The maximum absolute atomic E-state index is 13.4. The molecule has 0 spiro atoms. The van der Waals surface area contributed by atoms with Gasteiger partial charge in [0.15, 0.2) is 0 Å². The Kier molecular flexibility index (Phi) is 6.25. The summed E-state index contributed by atoms with van der Waals surface area (Å²) in [5.41, 5.74) is 1.38. The van der Waals surface area contributed by atoms with Gasteiger partial charge in [0.05, 0.1) is 16.3 Å². The molecule has 3 aliphatic heterocycles. The van der Waals surface area contributed by atoms with Gasteiger partial charge in [-0.25, -0.2) is 8.42 Å². The Hall–Kier alpha value is -2.13. The van der Waals surface area contributed by atoms with Crippen LogP contribution in [0.2, 0.25) is 0 Å². The van der Waals surface area contributed by atoms with Crippen LogP contribution in [0.15, 0.2) is 23.1 Å². The number of rotatable bonds is 6. The van der Waals surface area contributed by atoms with Crippen molar-refractivity contribution in [1.29, 1.82) is 0 Å². The second-order valence-corrected chi connectivity index (χ2v) is 10.4. The van der Waals surface area contributed by atoms with Gasteiger partial charge in [-0.1, -0.05) is 13.8 Å². The molecule has 0 N–H and O–H groups in total. The molecule has 8 nitrogen and oxygen atoms in total. The predicted molar refractivity (Wildman–Crippen MR) is 120 cm³/mol. The molecule has 0 aliphatic carbocycles. The lowest BCUT2D eigenvalue weighted by Gasteiger charge is -2.45. The van der Waals surface area contributed by atoms with Gasteiger partial charge in [0.1, 0.15) is 12.6 Å². The zero-order valence-electron chi connectivity index (χ0n) is 18.4. The summed E-state index contributed by atoms with van der Waals surface area (Å²) in [7, 11) is -3.67. The zero-order valence-corrected chi connectivity index (χ0v) is 19.2. The fourth-order valence-corrected chi connectivity index (χ4v) is 6.45. The van der Waals surface area contributed by atoms with Crippen LogP contribution in [0.25, 0.3) is 0 Å². The van der Waals surface area contributed by atoms with Crippen LogP contribution in [0.1, 0.15) is 46.0 Å². The average molecular weight is 449 g/mol. The van der Waals surface area contributed by atoms with Gasteiger partial charge in [-0.2, -0.15) is 4.31 Å². The second-order valence-electron chi connectivity index (χ2n) is 8.46. The fourth-order valence-electron chi connectivity index (χ4n) is 4.98. The molecule has 0 saturated carbocycles. The number of carbonyl (C=O) groups is 2. The number of fused-ring (bicyclic) bond motifs is 3. The van der Waals surface area contributed by atoms with Crippen molar-refractivity contribution in [2.24, 2.45) is 0 Å². The van der Waals surface area contributed by atoms with Crippen molar-refractivity contribution in [1.82, 2.24) is 9.21 Å². The number of likely N-dealkylation sites (tertiary alicyclic amines) is 1. The number of hydrogen-bond donors (Lipinski definition) is 0. The molecule has 9 heteroatoms. The lowest BCUT2D eigenvalue weighted by Crippen LogP contribution is -2.57. The zero-order chi connectivity index (χ0) is 22.2. The first-order chi connectivity index (χ1) is 14.9. The van der Waals surface area contributed by atoms with Gasteiger partial charge in [-0.3, -0.25) is 14.5 Å². The maximum Gasteiger partial charge on any atom is 0.250 e. The molecule has 0 unspecified atom stereocenters. The molecule has 2 amide bonds. The van der Waals surface area contributed by atoms with E-state index in [9.17, 15) is 18.0 Å². The fraction of sp³-hybridized carbons (Fsp3) is 0.636. The van der Waals surface area contributed by atoms with Crippen LogP contribution in [0.5, 0.6) is 0 Å². The Balaban J connectivity index is 1.75. The number of carbonyl (C=O) groups excluding carboxylic acids is 2. The Morgan fingerprint density at radius 2 is 1.71 bits per heavy atom. The highest BCUT2D eigenvalue weighted by Gasteiger charge is 2.41. The summed E-state index contributed by atoms with van der Waals surface area (Å²) in [5, 5.41) is 0. The van der Waals surface area contributed by atoms with E-state index in [4.69, 9.17) is 0 Å². The Morgan fingerprint density at radius 1 is 1.03 bits per heavy atom. The minimum Gasteiger partial charge on any atom is -0.358 e. The van der Waals surface area contributed by atoms with Crippen LogP contribution in [0.3, 0.4) is 0 Å². The van der Waals surface area contributed by atoms with Crippen molar-refractivity contribution in [3.63, 3.8) is 0 Å². The van der Waals surface area contributed by atoms with Gasteiger partial charge < -0.3 is 9.80 Å². The van der Waals surface area contributed by atoms with E-state index < -0.39 is 10.0 Å². The van der Waals surface area contributed by atoms with Crippen molar-refractivity contribution in [3.8, 4) is 0 Å². The standard InChI is InChI=1S/C22H32N4O4S/c1-3-24(4-2)31(29,30)17-10-11-18-20(15-17)26(16-21(27)23-12-7-8-13-23)22(28)19-9-5-6-14-25(18)19/h10-11,15,19H,3-9,12-14,16H2,1-2H3/t19-/m0/s1. The first-order valence-corrected chi connectivity index (χ1v) is 12.8. The van der Waals surface area contributed by atoms with E-state index in [-0.39, 0.29) is 29.3 Å². The normalized spacial score (nSPS) is 21.5. The van der Waals surface area contributed by atoms with Crippen molar-refractivity contribution in [3.05, 3.63) is 18.2 Å². The van der Waals surface area contributed by atoms with E-state index in [0.717, 1.165) is 57.4 Å². The molecular formula is C22H32N4O4S. The molecule has 1 aromatic carbocycles. The number of amides is 2. The van der Waals surface area contributed by atoms with Crippen molar-refractivity contribution in [2.75, 3.05) is 49.1 Å². The van der Waals surface area contributed by atoms with Gasteiger partial charge in [-0.15, -0.1) is 0 Å². The van der Waals surface area contributed by atoms with Crippen LogP contribution >= 0.6 is 0 Å². The summed E-state index contributed by atoms with van der Waals surface area (Å²) in [6.45, 7) is 6.54. The molecule has 0 bridgehead atoms. The van der Waals surface area contributed by atoms with Gasteiger partial charge in [0.25, 0.3) is 0 Å². The minimum atomic E-state index is -3.67. The predicted octanol–water partition coefficient (Wildman–Crippen LogP) is 2.04. The Labute approximate surface area is 184 Å². The Morgan fingerprint density at radius 3 is 2.39 bits per heavy atom. The molecule has 2 saturated heterocycles. The van der Waals surface area contributed by atoms with Crippen molar-refractivity contribution < 1.29 is 18.0 Å². The number of piperidine rings is 1. The SMILES string of the molecule is CCN(CC)S(=O)(=O)c1ccc2c(c1)N(CC(=O)N1CCCC1)C(=O)[C@@H]1CCCCN21. The smallest absolute Gasteiger partial charge is 0.250 e. The lowest BCUT2D eigenvalue weighted by atomic mass is 9.96. The summed E-state index contributed by atoms with van der Waals surface area (Å²) < 4.78 is 27.6. The summed E-state index contributed by atoms with van der Waals surface area (Å²) >= 11 is 0. The lowest BCUT2D eigenvalue weighted by molar-refractivity contribution is -0.131. The van der Waals surface area contributed by atoms with Gasteiger partial charge in [0, 0.05) is 32.7 Å². The second kappa shape index (κ2) is 8.78. The van der Waals surface area contributed by atoms with Crippen molar-refractivity contribution >= 4 is 33.2 Å². The van der Waals surface area contributed by atoms with E-state index in [0.29, 0.717) is 18.8 Å². The summed E-state index contributed by atoms with van der Waals surface area (Å²) in [6.07, 6.45) is 4.70. The maximum atomic E-state index is 13.4. The summed E-state index contributed by atoms with van der Waals surface area (Å²) in [4.78, 5) is 31.9. The first-order valence-electron chi connectivity index (χ1n) is 11.4. The first kappa shape index (κ1) is 22.1. The number of benzene rings is 1. The molecule has 31 heavy (non-hydrogen) atoms. The van der Waals surface area contributed by atoms with Crippen LogP contribution in [-0.4, -0.2) is 74.7 Å². The topological polar surface area (TPSA) is 81.2 Å². The number of hydrogen-bond acceptors (Lipinski definition) is 5. The van der Waals surface area contributed by atoms with E-state index >= 15 is 0 Å². The van der Waals surface area contributed by atoms with E-state index in [1.807, 2.05) is 19.9 Å². The number of nitrogens with zero attached hydrogens (tertiary/aromatic N) is 4. The van der Waals surface area contributed by atoms with E-state index in [1.54, 1.807) is 17.0 Å².